The van der Waals surface area contributed by atoms with Crippen LogP contribution in [-0.2, 0) is 23.9 Å². The molecule has 30 heavy (non-hydrogen) atoms. The fourth-order valence-corrected chi connectivity index (χ4v) is 3.13. The quantitative estimate of drug-likeness (QED) is 0.714. The number of aryl methyl sites for hydroxylation is 1. The van der Waals surface area contributed by atoms with Crippen molar-refractivity contribution in [1.82, 2.24) is 0 Å². The standard InChI is InChI=1S/C22H23N3O5/c1-14-3-9-19(10-4-14)25-12-16(11-21(25)28)22(29)30-13-20(27)24-18-7-5-17(6-8-18)23-15(2)26/h3-10,16H,11-13H2,1-2H3,(H,23,26)(H,24,27)/t16-/m0/s1. The molecule has 0 unspecified atom stereocenters. The van der Waals surface area contributed by atoms with Gasteiger partial charge in [0, 0.05) is 37.0 Å². The van der Waals surface area contributed by atoms with Gasteiger partial charge >= 0.3 is 5.97 Å². The Morgan fingerprint density at radius 2 is 1.60 bits per heavy atom. The minimum atomic E-state index is -0.608. The van der Waals surface area contributed by atoms with Gasteiger partial charge in [0.25, 0.3) is 5.91 Å². The second-order valence-electron chi connectivity index (χ2n) is 7.16. The van der Waals surface area contributed by atoms with Crippen LogP contribution in [0.25, 0.3) is 0 Å². The van der Waals surface area contributed by atoms with E-state index in [1.165, 1.54) is 6.92 Å². The molecule has 0 spiro atoms. The van der Waals surface area contributed by atoms with Crippen LogP contribution in [0.5, 0.6) is 0 Å². The molecule has 3 rings (SSSR count). The highest BCUT2D eigenvalue weighted by atomic mass is 16.5. The smallest absolute Gasteiger partial charge is 0.311 e. The summed E-state index contributed by atoms with van der Waals surface area (Å²) >= 11 is 0. The van der Waals surface area contributed by atoms with Gasteiger partial charge in [-0.1, -0.05) is 17.7 Å². The van der Waals surface area contributed by atoms with Crippen molar-refractivity contribution >= 4 is 40.8 Å². The Balaban J connectivity index is 1.48. The molecule has 1 heterocycles. The molecule has 2 N–H and O–H groups in total. The first-order valence-corrected chi connectivity index (χ1v) is 9.53. The molecule has 0 radical (unpaired) electrons. The van der Waals surface area contributed by atoms with Gasteiger partial charge in [0.05, 0.1) is 5.92 Å². The lowest BCUT2D eigenvalue weighted by Crippen LogP contribution is -2.28. The van der Waals surface area contributed by atoms with Crippen LogP contribution in [0.15, 0.2) is 48.5 Å². The third-order valence-corrected chi connectivity index (χ3v) is 4.64. The lowest BCUT2D eigenvalue weighted by atomic mass is 10.1. The third kappa shape index (κ3) is 5.44. The number of nitrogens with zero attached hydrogens (tertiary/aromatic N) is 1. The highest BCUT2D eigenvalue weighted by Gasteiger charge is 2.36. The average Bonchev–Trinajstić information content (AvgIpc) is 3.09. The lowest BCUT2D eigenvalue weighted by molar-refractivity contribution is -0.151. The second-order valence-corrected chi connectivity index (χ2v) is 7.16. The summed E-state index contributed by atoms with van der Waals surface area (Å²) < 4.78 is 5.10. The molecule has 1 saturated heterocycles. The molecule has 0 bridgehead atoms. The van der Waals surface area contributed by atoms with Gasteiger partial charge in [-0.25, -0.2) is 0 Å². The molecule has 0 aliphatic carbocycles. The number of amides is 3. The van der Waals surface area contributed by atoms with Crippen LogP contribution in [0, 0.1) is 12.8 Å². The first-order chi connectivity index (χ1) is 14.3. The first kappa shape index (κ1) is 21.0. The van der Waals surface area contributed by atoms with Gasteiger partial charge in [0.15, 0.2) is 6.61 Å². The van der Waals surface area contributed by atoms with Crippen molar-refractivity contribution in [2.24, 2.45) is 5.92 Å². The van der Waals surface area contributed by atoms with E-state index in [0.29, 0.717) is 11.4 Å². The van der Waals surface area contributed by atoms with E-state index in [2.05, 4.69) is 10.6 Å². The van der Waals surface area contributed by atoms with Crippen molar-refractivity contribution in [3.63, 3.8) is 0 Å². The van der Waals surface area contributed by atoms with Crippen molar-refractivity contribution in [1.29, 1.82) is 0 Å². The summed E-state index contributed by atoms with van der Waals surface area (Å²) in [7, 11) is 0. The van der Waals surface area contributed by atoms with Crippen molar-refractivity contribution < 1.29 is 23.9 Å². The Hall–Kier alpha value is -3.68. The summed E-state index contributed by atoms with van der Waals surface area (Å²) in [6.45, 7) is 3.15. The molecule has 2 aromatic rings. The molecule has 8 heteroatoms. The number of rotatable bonds is 6. The van der Waals surface area contributed by atoms with Gasteiger partial charge < -0.3 is 20.3 Å². The molecular weight excluding hydrogens is 386 g/mol. The Morgan fingerprint density at radius 3 is 2.20 bits per heavy atom. The first-order valence-electron chi connectivity index (χ1n) is 9.53. The molecule has 1 aliphatic heterocycles. The number of hydrogen-bond donors (Lipinski definition) is 2. The monoisotopic (exact) mass is 409 g/mol. The van der Waals surface area contributed by atoms with E-state index < -0.39 is 24.4 Å². The van der Waals surface area contributed by atoms with E-state index >= 15 is 0 Å². The minimum Gasteiger partial charge on any atom is -0.455 e. The topological polar surface area (TPSA) is 105 Å². The van der Waals surface area contributed by atoms with Gasteiger partial charge in [-0.05, 0) is 43.3 Å². The van der Waals surface area contributed by atoms with E-state index in [1.807, 2.05) is 31.2 Å². The molecular formula is C22H23N3O5. The number of hydrogen-bond acceptors (Lipinski definition) is 5. The summed E-state index contributed by atoms with van der Waals surface area (Å²) in [6.07, 6.45) is 0.0545. The fraction of sp³-hybridized carbons (Fsp3) is 0.273. The second kappa shape index (κ2) is 9.21. The predicted molar refractivity (Wildman–Crippen MR) is 112 cm³/mol. The Morgan fingerprint density at radius 1 is 1.00 bits per heavy atom. The van der Waals surface area contributed by atoms with Gasteiger partial charge in [0.2, 0.25) is 11.8 Å². The Kier molecular flexibility index (Phi) is 6.46. The van der Waals surface area contributed by atoms with Crippen molar-refractivity contribution in [3.8, 4) is 0 Å². The number of anilines is 3. The number of nitrogens with one attached hydrogen (secondary N) is 2. The SMILES string of the molecule is CC(=O)Nc1ccc(NC(=O)COC(=O)[C@H]2CC(=O)N(c3ccc(C)cc3)C2)cc1. The fourth-order valence-electron chi connectivity index (χ4n) is 3.13. The van der Waals surface area contributed by atoms with Crippen molar-refractivity contribution in [2.75, 3.05) is 28.7 Å². The number of esters is 1. The van der Waals surface area contributed by atoms with Crippen LogP contribution in [-0.4, -0.2) is 36.8 Å². The third-order valence-electron chi connectivity index (χ3n) is 4.64. The van der Waals surface area contributed by atoms with Crippen LogP contribution < -0.4 is 15.5 Å². The summed E-state index contributed by atoms with van der Waals surface area (Å²) in [5.74, 6) is -2.01. The number of ether oxygens (including phenoxy) is 1. The molecule has 1 fully saturated rings. The summed E-state index contributed by atoms with van der Waals surface area (Å²) in [5, 5.41) is 5.24. The summed E-state index contributed by atoms with van der Waals surface area (Å²) in [4.78, 5) is 49.2. The largest absolute Gasteiger partial charge is 0.455 e. The molecule has 1 aliphatic rings. The molecule has 8 nitrogen and oxygen atoms in total. The Bertz CT molecular complexity index is 954. The maximum atomic E-state index is 12.3. The lowest BCUT2D eigenvalue weighted by Gasteiger charge is -2.16. The van der Waals surface area contributed by atoms with Gasteiger partial charge in [0.1, 0.15) is 0 Å². The van der Waals surface area contributed by atoms with Crippen LogP contribution in [0.4, 0.5) is 17.1 Å². The van der Waals surface area contributed by atoms with Crippen LogP contribution in [0.3, 0.4) is 0 Å². The molecule has 3 amide bonds. The average molecular weight is 409 g/mol. The molecule has 156 valence electrons. The zero-order valence-electron chi connectivity index (χ0n) is 16.8. The van der Waals surface area contributed by atoms with E-state index in [-0.39, 0.29) is 24.8 Å². The van der Waals surface area contributed by atoms with Gasteiger partial charge in [-0.3, -0.25) is 19.2 Å². The van der Waals surface area contributed by atoms with Crippen molar-refractivity contribution in [3.05, 3.63) is 54.1 Å². The highest BCUT2D eigenvalue weighted by molar-refractivity contribution is 6.00. The van der Waals surface area contributed by atoms with E-state index in [0.717, 1.165) is 11.3 Å². The van der Waals surface area contributed by atoms with Crippen LogP contribution in [0.2, 0.25) is 0 Å². The van der Waals surface area contributed by atoms with Crippen molar-refractivity contribution in [2.45, 2.75) is 20.3 Å². The maximum absolute atomic E-state index is 12.3. The number of benzene rings is 2. The highest BCUT2D eigenvalue weighted by Crippen LogP contribution is 2.26. The summed E-state index contributed by atoms with van der Waals surface area (Å²) in [5.41, 5.74) is 2.93. The molecule has 2 aromatic carbocycles. The minimum absolute atomic E-state index is 0.0545. The predicted octanol–water partition coefficient (Wildman–Crippen LogP) is 2.49. The van der Waals surface area contributed by atoms with E-state index in [1.54, 1.807) is 29.2 Å². The Labute approximate surface area is 174 Å². The van der Waals surface area contributed by atoms with Crippen LogP contribution in [0.1, 0.15) is 18.9 Å². The van der Waals surface area contributed by atoms with Gasteiger partial charge in [-0.2, -0.15) is 0 Å². The van der Waals surface area contributed by atoms with E-state index in [9.17, 15) is 19.2 Å². The molecule has 1 atom stereocenters. The normalized spacial score (nSPS) is 15.6. The molecule has 0 aromatic heterocycles. The summed E-state index contributed by atoms with van der Waals surface area (Å²) in [6, 6.07) is 14.0. The van der Waals surface area contributed by atoms with Crippen LogP contribution >= 0.6 is 0 Å². The zero-order chi connectivity index (χ0) is 21.7. The maximum Gasteiger partial charge on any atom is 0.311 e. The molecule has 0 saturated carbocycles. The number of carbonyl (C=O) groups excluding carboxylic acids is 4. The zero-order valence-corrected chi connectivity index (χ0v) is 16.8. The van der Waals surface area contributed by atoms with Gasteiger partial charge in [-0.15, -0.1) is 0 Å². The van der Waals surface area contributed by atoms with E-state index in [4.69, 9.17) is 4.74 Å². The number of carbonyl (C=O) groups is 4.